The zero-order valence-electron chi connectivity index (χ0n) is 9.60. The number of aliphatic hydroxyl groups excluding tert-OH is 1. The molecular weight excluding hydrogens is 208 g/mol. The molecule has 2 rings (SSSR count). The highest BCUT2D eigenvalue weighted by Gasteiger charge is 2.43. The van der Waals surface area contributed by atoms with Crippen molar-refractivity contribution in [3.05, 3.63) is 23.8 Å². The van der Waals surface area contributed by atoms with Gasteiger partial charge in [0.15, 0.2) is 17.6 Å². The lowest BCUT2D eigenvalue weighted by Gasteiger charge is -2.27. The van der Waals surface area contributed by atoms with Crippen LogP contribution in [0.25, 0.3) is 0 Å². The first-order valence-corrected chi connectivity index (χ1v) is 5.19. The van der Waals surface area contributed by atoms with E-state index in [4.69, 9.17) is 9.47 Å². The standard InChI is InChI=1S/C12H16O4/c1-12(2,14)11-9(13)7-5-4-6-8(15-3)10(7)16-11/h4-6,9,11,13-14H,1-3H3/t9-,11+/m0/s1. The molecule has 1 aromatic carbocycles. The molecule has 4 nitrogen and oxygen atoms in total. The van der Waals surface area contributed by atoms with Crippen LogP contribution in [0.2, 0.25) is 0 Å². The second kappa shape index (κ2) is 3.64. The second-order valence-corrected chi connectivity index (χ2v) is 4.52. The van der Waals surface area contributed by atoms with Gasteiger partial charge in [0.2, 0.25) is 0 Å². The largest absolute Gasteiger partial charge is 0.493 e. The molecule has 1 aliphatic rings. The van der Waals surface area contributed by atoms with Gasteiger partial charge in [-0.15, -0.1) is 0 Å². The van der Waals surface area contributed by atoms with Crippen LogP contribution in [0.3, 0.4) is 0 Å². The van der Waals surface area contributed by atoms with Crippen molar-refractivity contribution in [3.8, 4) is 11.5 Å². The Morgan fingerprint density at radius 1 is 1.38 bits per heavy atom. The summed E-state index contributed by atoms with van der Waals surface area (Å²) in [5.41, 5.74) is -0.449. The van der Waals surface area contributed by atoms with Crippen molar-refractivity contribution >= 4 is 0 Å². The van der Waals surface area contributed by atoms with Crippen LogP contribution in [0.15, 0.2) is 18.2 Å². The smallest absolute Gasteiger partial charge is 0.167 e. The van der Waals surface area contributed by atoms with Crippen LogP contribution in [-0.2, 0) is 0 Å². The Bertz CT molecular complexity index is 394. The van der Waals surface area contributed by atoms with Gasteiger partial charge >= 0.3 is 0 Å². The Morgan fingerprint density at radius 2 is 2.06 bits per heavy atom. The zero-order chi connectivity index (χ0) is 11.9. The number of hydrogen-bond acceptors (Lipinski definition) is 4. The van der Waals surface area contributed by atoms with Crippen molar-refractivity contribution in [2.45, 2.75) is 31.7 Å². The molecule has 1 aliphatic heterocycles. The van der Waals surface area contributed by atoms with E-state index in [1.54, 1.807) is 39.2 Å². The molecule has 0 saturated heterocycles. The predicted molar refractivity (Wildman–Crippen MR) is 58.7 cm³/mol. The van der Waals surface area contributed by atoms with E-state index in [1.807, 2.05) is 0 Å². The molecule has 4 heteroatoms. The van der Waals surface area contributed by atoms with E-state index in [0.29, 0.717) is 17.1 Å². The Balaban J connectivity index is 2.41. The lowest BCUT2D eigenvalue weighted by Crippen LogP contribution is -2.41. The van der Waals surface area contributed by atoms with Gasteiger partial charge < -0.3 is 19.7 Å². The topological polar surface area (TPSA) is 58.9 Å². The van der Waals surface area contributed by atoms with Gasteiger partial charge in [0, 0.05) is 5.56 Å². The molecule has 16 heavy (non-hydrogen) atoms. The van der Waals surface area contributed by atoms with Gasteiger partial charge in [-0.1, -0.05) is 12.1 Å². The first-order valence-electron chi connectivity index (χ1n) is 5.19. The van der Waals surface area contributed by atoms with Crippen LogP contribution in [0, 0.1) is 0 Å². The highest BCUT2D eigenvalue weighted by molar-refractivity contribution is 5.51. The summed E-state index contributed by atoms with van der Waals surface area (Å²) in [6, 6.07) is 5.32. The lowest BCUT2D eigenvalue weighted by atomic mass is 9.94. The highest BCUT2D eigenvalue weighted by atomic mass is 16.5. The number of aliphatic hydroxyl groups is 2. The molecule has 0 saturated carbocycles. The summed E-state index contributed by atoms with van der Waals surface area (Å²) in [5.74, 6) is 1.09. The molecule has 0 aromatic heterocycles. The fourth-order valence-electron chi connectivity index (χ4n) is 1.94. The van der Waals surface area contributed by atoms with E-state index in [-0.39, 0.29) is 0 Å². The van der Waals surface area contributed by atoms with E-state index in [0.717, 1.165) is 0 Å². The maximum absolute atomic E-state index is 10.1. The molecular formula is C12H16O4. The summed E-state index contributed by atoms with van der Waals surface area (Å²) >= 11 is 0. The molecule has 2 atom stereocenters. The number of para-hydroxylation sites is 1. The summed E-state index contributed by atoms with van der Waals surface area (Å²) in [5, 5.41) is 20.0. The van der Waals surface area contributed by atoms with Crippen molar-refractivity contribution in [2.75, 3.05) is 7.11 Å². The van der Waals surface area contributed by atoms with Gasteiger partial charge in [-0.25, -0.2) is 0 Å². The number of hydrogen-bond donors (Lipinski definition) is 2. The van der Waals surface area contributed by atoms with Gasteiger partial charge in [0.25, 0.3) is 0 Å². The molecule has 0 unspecified atom stereocenters. The van der Waals surface area contributed by atoms with E-state index in [9.17, 15) is 10.2 Å². The SMILES string of the molecule is COc1cccc2c1O[C@@H](C(C)(C)O)[C@H]2O. The maximum atomic E-state index is 10.1. The molecule has 1 aromatic rings. The highest BCUT2D eigenvalue weighted by Crippen LogP contribution is 2.45. The minimum absolute atomic E-state index is 0.518. The number of ether oxygens (including phenoxy) is 2. The molecule has 1 heterocycles. The molecule has 2 N–H and O–H groups in total. The van der Waals surface area contributed by atoms with Gasteiger partial charge in [-0.05, 0) is 19.9 Å². The molecule has 0 spiro atoms. The van der Waals surface area contributed by atoms with Crippen LogP contribution in [0.4, 0.5) is 0 Å². The van der Waals surface area contributed by atoms with Crippen molar-refractivity contribution in [3.63, 3.8) is 0 Å². The maximum Gasteiger partial charge on any atom is 0.167 e. The van der Waals surface area contributed by atoms with Crippen molar-refractivity contribution in [1.82, 2.24) is 0 Å². The van der Waals surface area contributed by atoms with Crippen molar-refractivity contribution < 1.29 is 19.7 Å². The third-order valence-electron chi connectivity index (χ3n) is 2.78. The van der Waals surface area contributed by atoms with Crippen LogP contribution in [0.5, 0.6) is 11.5 Å². The summed E-state index contributed by atoms with van der Waals surface area (Å²) in [4.78, 5) is 0. The quantitative estimate of drug-likeness (QED) is 0.794. The number of fused-ring (bicyclic) bond motifs is 1. The fraction of sp³-hybridized carbons (Fsp3) is 0.500. The van der Waals surface area contributed by atoms with Crippen LogP contribution in [-0.4, -0.2) is 29.0 Å². The van der Waals surface area contributed by atoms with Gasteiger partial charge in [0.05, 0.1) is 12.7 Å². The molecule has 88 valence electrons. The molecule has 0 radical (unpaired) electrons. The number of rotatable bonds is 2. The minimum atomic E-state index is -1.11. The van der Waals surface area contributed by atoms with Gasteiger partial charge in [-0.3, -0.25) is 0 Å². The Morgan fingerprint density at radius 3 is 2.62 bits per heavy atom. The minimum Gasteiger partial charge on any atom is -0.493 e. The first kappa shape index (κ1) is 11.2. The lowest BCUT2D eigenvalue weighted by molar-refractivity contribution is -0.0766. The average Bonchev–Trinajstić information content (AvgIpc) is 2.56. The molecule has 0 aliphatic carbocycles. The second-order valence-electron chi connectivity index (χ2n) is 4.52. The molecule has 0 fully saturated rings. The van der Waals surface area contributed by atoms with E-state index >= 15 is 0 Å². The molecule has 0 amide bonds. The number of benzene rings is 1. The third kappa shape index (κ3) is 1.64. The Kier molecular flexibility index (Phi) is 2.56. The van der Waals surface area contributed by atoms with Crippen molar-refractivity contribution in [2.24, 2.45) is 0 Å². The Hall–Kier alpha value is -1.26. The molecule has 0 bridgehead atoms. The monoisotopic (exact) mass is 224 g/mol. The average molecular weight is 224 g/mol. The van der Waals surface area contributed by atoms with E-state index in [2.05, 4.69) is 0 Å². The first-order chi connectivity index (χ1) is 7.45. The van der Waals surface area contributed by atoms with E-state index in [1.165, 1.54) is 0 Å². The normalized spacial score (nSPS) is 23.8. The summed E-state index contributed by atoms with van der Waals surface area (Å²) < 4.78 is 10.7. The fourth-order valence-corrected chi connectivity index (χ4v) is 1.94. The van der Waals surface area contributed by atoms with Gasteiger partial charge in [0.1, 0.15) is 6.10 Å². The predicted octanol–water partition coefficient (Wildman–Crippen LogP) is 1.26. The van der Waals surface area contributed by atoms with Crippen LogP contribution >= 0.6 is 0 Å². The summed E-state index contributed by atoms with van der Waals surface area (Å²) in [6.45, 7) is 3.22. The Labute approximate surface area is 94.4 Å². The van der Waals surface area contributed by atoms with E-state index < -0.39 is 17.8 Å². The number of methoxy groups -OCH3 is 1. The summed E-state index contributed by atoms with van der Waals surface area (Å²) in [7, 11) is 1.54. The van der Waals surface area contributed by atoms with Gasteiger partial charge in [-0.2, -0.15) is 0 Å². The van der Waals surface area contributed by atoms with Crippen LogP contribution in [0.1, 0.15) is 25.5 Å². The third-order valence-corrected chi connectivity index (χ3v) is 2.78. The van der Waals surface area contributed by atoms with Crippen molar-refractivity contribution in [1.29, 1.82) is 0 Å². The zero-order valence-corrected chi connectivity index (χ0v) is 9.60. The summed E-state index contributed by atoms with van der Waals surface area (Å²) in [6.07, 6.45) is -1.50. The van der Waals surface area contributed by atoms with Crippen LogP contribution < -0.4 is 9.47 Å².